The summed E-state index contributed by atoms with van der Waals surface area (Å²) in [4.78, 5) is 12.6. The smallest absolute Gasteiger partial charge is 0.139 e. The van der Waals surface area contributed by atoms with Gasteiger partial charge in [-0.05, 0) is 72.2 Å². The van der Waals surface area contributed by atoms with Crippen molar-refractivity contribution < 1.29 is 9.53 Å². The van der Waals surface area contributed by atoms with Gasteiger partial charge in [0.15, 0.2) is 0 Å². The van der Waals surface area contributed by atoms with Crippen LogP contribution in [-0.4, -0.2) is 20.5 Å². The lowest BCUT2D eigenvalue weighted by Gasteiger charge is -2.48. The van der Waals surface area contributed by atoms with E-state index >= 15 is 0 Å². The number of carbonyl (C=O) groups is 1. The van der Waals surface area contributed by atoms with Crippen LogP contribution in [0.5, 0.6) is 5.75 Å². The summed E-state index contributed by atoms with van der Waals surface area (Å²) < 4.78 is 6.09. The van der Waals surface area contributed by atoms with Crippen LogP contribution < -0.4 is 9.92 Å². The quantitative estimate of drug-likeness (QED) is 0.527. The molecule has 2 fully saturated rings. The molecule has 0 bridgehead atoms. The Bertz CT molecular complexity index is 775. The molecule has 2 saturated carbocycles. The van der Waals surface area contributed by atoms with Crippen molar-refractivity contribution in [1.82, 2.24) is 0 Å². The Balaban J connectivity index is 1.74. The average molecular weight is 383 g/mol. The Morgan fingerprint density at radius 2 is 2.00 bits per heavy atom. The van der Waals surface area contributed by atoms with Crippen molar-refractivity contribution >= 4 is 19.0 Å². The van der Waals surface area contributed by atoms with E-state index < -0.39 is 8.07 Å². The van der Waals surface area contributed by atoms with Gasteiger partial charge in [-0.3, -0.25) is 4.79 Å². The van der Waals surface area contributed by atoms with E-state index in [1.54, 1.807) is 5.56 Å². The fraction of sp³-hybridized carbons (Fsp3) is 0.625. The number of benzene rings is 1. The first-order valence-corrected chi connectivity index (χ1v) is 14.2. The Morgan fingerprint density at radius 3 is 2.70 bits per heavy atom. The lowest BCUT2D eigenvalue weighted by atomic mass is 9.55. The molecule has 146 valence electrons. The highest BCUT2D eigenvalue weighted by Crippen LogP contribution is 2.59. The molecule has 4 rings (SSSR count). The maximum absolute atomic E-state index is 12.6. The number of aryl methyl sites for hydroxylation is 1. The molecule has 0 radical (unpaired) electrons. The van der Waals surface area contributed by atoms with Crippen LogP contribution in [-0.2, 0) is 11.2 Å². The molecule has 27 heavy (non-hydrogen) atoms. The van der Waals surface area contributed by atoms with E-state index in [0.717, 1.165) is 31.4 Å². The number of Topliss-reactive ketones (excluding diaryl/α,β-unsaturated/α-hetero) is 1. The molecule has 4 atom stereocenters. The van der Waals surface area contributed by atoms with Crippen molar-refractivity contribution in [1.29, 1.82) is 0 Å². The number of ether oxygens (including phenoxy) is 1. The first-order valence-electron chi connectivity index (χ1n) is 10.7. The summed E-state index contributed by atoms with van der Waals surface area (Å²) in [5, 5.41) is 1.44. The second-order valence-corrected chi connectivity index (χ2v) is 15.3. The average Bonchev–Trinajstić information content (AvgIpc) is 2.93. The number of fused-ring (bicyclic) bond motifs is 5. The molecule has 0 N–H and O–H groups in total. The van der Waals surface area contributed by atoms with E-state index in [0.29, 0.717) is 30.1 Å². The highest BCUT2D eigenvalue weighted by Gasteiger charge is 2.54. The van der Waals surface area contributed by atoms with Gasteiger partial charge in [-0.2, -0.15) is 0 Å². The Hall–Kier alpha value is -1.35. The molecule has 3 aliphatic carbocycles. The molecule has 0 aromatic heterocycles. The molecule has 0 amide bonds. The Labute approximate surface area is 165 Å². The summed E-state index contributed by atoms with van der Waals surface area (Å²) in [5.41, 5.74) is 3.04. The predicted octanol–water partition coefficient (Wildman–Crippen LogP) is 5.22. The van der Waals surface area contributed by atoms with Crippen molar-refractivity contribution in [2.45, 2.75) is 71.0 Å². The zero-order chi connectivity index (χ0) is 19.4. The molecule has 1 aromatic carbocycles. The molecular formula is C24H34O2Si. The minimum Gasteiger partial charge on any atom is -0.490 e. The van der Waals surface area contributed by atoms with Crippen molar-refractivity contribution in [3.05, 3.63) is 35.9 Å². The van der Waals surface area contributed by atoms with Crippen LogP contribution >= 0.6 is 0 Å². The lowest BCUT2D eigenvalue weighted by molar-refractivity contribution is -0.129. The normalized spacial score (nSPS) is 32.4. The van der Waals surface area contributed by atoms with E-state index in [1.165, 1.54) is 23.6 Å². The lowest BCUT2D eigenvalue weighted by Crippen LogP contribution is -2.44. The minimum atomic E-state index is -1.51. The van der Waals surface area contributed by atoms with Gasteiger partial charge in [0.05, 0.1) is 8.07 Å². The molecule has 0 saturated heterocycles. The van der Waals surface area contributed by atoms with Crippen LogP contribution in [0.1, 0.15) is 56.1 Å². The zero-order valence-corrected chi connectivity index (χ0v) is 18.4. The van der Waals surface area contributed by atoms with Crippen molar-refractivity contribution in [3.63, 3.8) is 0 Å². The third kappa shape index (κ3) is 3.02. The molecule has 0 aliphatic heterocycles. The summed E-state index contributed by atoms with van der Waals surface area (Å²) in [5.74, 6) is 3.55. The number of rotatable bonds is 4. The van der Waals surface area contributed by atoms with Crippen LogP contribution in [0.25, 0.3) is 0 Å². The number of hydrogen-bond acceptors (Lipinski definition) is 2. The minimum absolute atomic E-state index is 0.0344. The standard InChI is InChI=1S/C24H34O2Si/c1-6-13-26-21-14-16-7-8-18-17(19(16)15-22(21)27(3,4)5)11-12-24(2)20(18)9-10-23(24)25/h6,14-15,17-18,20H,1,7-13H2,2-5H3/t17-,18+,20-,24-/m0/s1. The second kappa shape index (κ2) is 6.61. The van der Waals surface area contributed by atoms with Gasteiger partial charge in [0.25, 0.3) is 0 Å². The highest BCUT2D eigenvalue weighted by molar-refractivity contribution is 6.89. The van der Waals surface area contributed by atoms with Gasteiger partial charge in [0, 0.05) is 11.8 Å². The van der Waals surface area contributed by atoms with E-state index in [9.17, 15) is 4.79 Å². The van der Waals surface area contributed by atoms with Gasteiger partial charge >= 0.3 is 0 Å². The number of hydrogen-bond donors (Lipinski definition) is 0. The first kappa shape index (κ1) is 19.0. The highest BCUT2D eigenvalue weighted by atomic mass is 28.3. The van der Waals surface area contributed by atoms with Crippen LogP contribution in [0.15, 0.2) is 24.8 Å². The van der Waals surface area contributed by atoms with Gasteiger partial charge in [0.1, 0.15) is 18.1 Å². The van der Waals surface area contributed by atoms with Crippen molar-refractivity contribution in [2.24, 2.45) is 17.3 Å². The van der Waals surface area contributed by atoms with Gasteiger partial charge in [-0.25, -0.2) is 0 Å². The van der Waals surface area contributed by atoms with Gasteiger partial charge in [0.2, 0.25) is 0 Å². The summed E-state index contributed by atoms with van der Waals surface area (Å²) in [6.45, 7) is 13.9. The number of ketones is 1. The van der Waals surface area contributed by atoms with Crippen LogP contribution in [0.3, 0.4) is 0 Å². The Morgan fingerprint density at radius 1 is 1.22 bits per heavy atom. The van der Waals surface area contributed by atoms with Gasteiger partial charge in [-0.1, -0.05) is 45.3 Å². The molecular weight excluding hydrogens is 348 g/mol. The predicted molar refractivity (Wildman–Crippen MR) is 115 cm³/mol. The molecule has 1 aromatic rings. The van der Waals surface area contributed by atoms with Crippen molar-refractivity contribution in [3.8, 4) is 5.75 Å². The summed E-state index contributed by atoms with van der Waals surface area (Å²) in [6, 6.07) is 4.85. The monoisotopic (exact) mass is 382 g/mol. The summed E-state index contributed by atoms with van der Waals surface area (Å²) >= 11 is 0. The third-order valence-electron chi connectivity index (χ3n) is 7.70. The topological polar surface area (TPSA) is 26.3 Å². The molecule has 0 heterocycles. The fourth-order valence-corrected chi connectivity index (χ4v) is 7.70. The molecule has 2 nitrogen and oxygen atoms in total. The first-order chi connectivity index (χ1) is 12.8. The molecule has 3 heteroatoms. The Kier molecular flexibility index (Phi) is 4.65. The SMILES string of the molecule is C=CCOc1cc2c(cc1[Si](C)(C)C)[C@H]1CC[C@]3(C)C(=O)CC[C@H]3[C@@H]1CC2. The third-order valence-corrected chi connectivity index (χ3v) is 9.71. The fourth-order valence-electron chi connectivity index (χ4n) is 6.22. The van der Waals surface area contributed by atoms with E-state index in [4.69, 9.17) is 4.74 Å². The largest absolute Gasteiger partial charge is 0.490 e. The van der Waals surface area contributed by atoms with Crippen LogP contribution in [0.2, 0.25) is 19.6 Å². The summed E-state index contributed by atoms with van der Waals surface area (Å²) in [6.07, 6.45) is 8.39. The van der Waals surface area contributed by atoms with E-state index in [-0.39, 0.29) is 5.41 Å². The van der Waals surface area contributed by atoms with Crippen LogP contribution in [0, 0.1) is 17.3 Å². The van der Waals surface area contributed by atoms with E-state index in [2.05, 4.69) is 45.3 Å². The van der Waals surface area contributed by atoms with Crippen molar-refractivity contribution in [2.75, 3.05) is 6.61 Å². The zero-order valence-electron chi connectivity index (χ0n) is 17.4. The maximum atomic E-state index is 12.6. The number of carbonyl (C=O) groups excluding carboxylic acids is 1. The summed E-state index contributed by atoms with van der Waals surface area (Å²) in [7, 11) is -1.51. The molecule has 0 spiro atoms. The maximum Gasteiger partial charge on any atom is 0.139 e. The van der Waals surface area contributed by atoms with Gasteiger partial charge < -0.3 is 4.74 Å². The molecule has 3 aliphatic rings. The molecule has 0 unspecified atom stereocenters. The van der Waals surface area contributed by atoms with Crippen LogP contribution in [0.4, 0.5) is 0 Å². The van der Waals surface area contributed by atoms with E-state index in [1.807, 2.05) is 6.08 Å². The second-order valence-electron chi connectivity index (χ2n) is 10.2. The van der Waals surface area contributed by atoms with Gasteiger partial charge in [-0.15, -0.1) is 0 Å².